The Morgan fingerprint density at radius 1 is 1.48 bits per heavy atom. The molecule has 0 saturated heterocycles. The number of nitrogens with zero attached hydrogens (tertiary/aromatic N) is 2. The van der Waals surface area contributed by atoms with E-state index in [1.807, 2.05) is 12.1 Å². The fraction of sp³-hybridized carbons (Fsp3) is 0.533. The van der Waals surface area contributed by atoms with Crippen LogP contribution in [0.15, 0.2) is 23.4 Å². The predicted octanol–water partition coefficient (Wildman–Crippen LogP) is 1.22. The summed E-state index contributed by atoms with van der Waals surface area (Å²) < 4.78 is 5.34. The molecule has 4 N–H and O–H groups in total. The molecule has 6 heteroatoms. The minimum atomic E-state index is 0.0958. The van der Waals surface area contributed by atoms with Crippen molar-refractivity contribution < 1.29 is 9.94 Å². The molecule has 118 valence electrons. The summed E-state index contributed by atoms with van der Waals surface area (Å²) in [5.74, 6) is 0.882. The van der Waals surface area contributed by atoms with Gasteiger partial charge in [0.25, 0.3) is 0 Å². The fourth-order valence-corrected chi connectivity index (χ4v) is 1.87. The molecule has 0 heterocycles. The Balaban J connectivity index is 2.64. The van der Waals surface area contributed by atoms with Gasteiger partial charge in [-0.3, -0.25) is 0 Å². The van der Waals surface area contributed by atoms with Gasteiger partial charge in [-0.05, 0) is 39.1 Å². The Kier molecular flexibility index (Phi) is 6.98. The third-order valence-corrected chi connectivity index (χ3v) is 3.52. The zero-order valence-corrected chi connectivity index (χ0v) is 13.3. The van der Waals surface area contributed by atoms with Crippen molar-refractivity contribution in [2.75, 3.05) is 27.2 Å². The summed E-state index contributed by atoms with van der Waals surface area (Å²) >= 11 is 0. The Hall–Kier alpha value is -1.79. The van der Waals surface area contributed by atoms with E-state index in [1.165, 1.54) is 0 Å². The fourth-order valence-electron chi connectivity index (χ4n) is 1.87. The van der Waals surface area contributed by atoms with E-state index in [0.29, 0.717) is 18.2 Å². The largest absolute Gasteiger partial charge is 0.496 e. The molecule has 0 spiro atoms. The number of benzene rings is 1. The van der Waals surface area contributed by atoms with Crippen LogP contribution in [0, 0.1) is 0 Å². The highest BCUT2D eigenvalue weighted by Crippen LogP contribution is 2.19. The molecule has 0 bridgehead atoms. The SMILES string of the molecule is COc1ccc(/C(N)=N/O)cc1CNCCN(C)C(C)C. The highest BCUT2D eigenvalue weighted by Gasteiger charge is 2.07. The summed E-state index contributed by atoms with van der Waals surface area (Å²) in [6.07, 6.45) is 0. The minimum Gasteiger partial charge on any atom is -0.496 e. The molecule has 0 aliphatic rings. The molecule has 6 nitrogen and oxygen atoms in total. The lowest BCUT2D eigenvalue weighted by molar-refractivity contribution is 0.273. The normalized spacial score (nSPS) is 12.2. The van der Waals surface area contributed by atoms with Crippen LogP contribution in [-0.4, -0.2) is 49.2 Å². The first-order valence-corrected chi connectivity index (χ1v) is 7.05. The third kappa shape index (κ3) is 5.24. The van der Waals surface area contributed by atoms with Gasteiger partial charge in [-0.25, -0.2) is 0 Å². The van der Waals surface area contributed by atoms with E-state index in [2.05, 4.69) is 36.3 Å². The van der Waals surface area contributed by atoms with E-state index in [0.717, 1.165) is 24.4 Å². The van der Waals surface area contributed by atoms with E-state index in [-0.39, 0.29) is 5.84 Å². The second-order valence-corrected chi connectivity index (χ2v) is 5.26. The Labute approximate surface area is 126 Å². The summed E-state index contributed by atoms with van der Waals surface area (Å²) in [6, 6.07) is 5.99. The second kappa shape index (κ2) is 8.49. The van der Waals surface area contributed by atoms with Gasteiger partial charge in [-0.2, -0.15) is 0 Å². The van der Waals surface area contributed by atoms with Crippen LogP contribution in [0.3, 0.4) is 0 Å². The van der Waals surface area contributed by atoms with E-state index in [1.54, 1.807) is 13.2 Å². The molecule has 0 radical (unpaired) electrons. The standard InChI is InChI=1S/C15H26N4O2/c1-11(2)19(3)8-7-17-10-13-9-12(15(16)18-20)5-6-14(13)21-4/h5-6,9,11,17,20H,7-8,10H2,1-4H3,(H2,16,18). The number of likely N-dealkylation sites (N-methyl/N-ethyl adjacent to an activating group) is 1. The number of hydrogen-bond donors (Lipinski definition) is 3. The number of amidine groups is 1. The summed E-state index contributed by atoms with van der Waals surface area (Å²) in [4.78, 5) is 2.27. The maximum absolute atomic E-state index is 8.74. The Morgan fingerprint density at radius 3 is 2.76 bits per heavy atom. The van der Waals surface area contributed by atoms with Gasteiger partial charge in [0.2, 0.25) is 0 Å². The first-order chi connectivity index (χ1) is 9.99. The highest BCUT2D eigenvalue weighted by molar-refractivity contribution is 5.97. The zero-order chi connectivity index (χ0) is 15.8. The van der Waals surface area contributed by atoms with Crippen LogP contribution in [0.25, 0.3) is 0 Å². The van der Waals surface area contributed by atoms with E-state index in [9.17, 15) is 0 Å². The van der Waals surface area contributed by atoms with Crippen LogP contribution in [0.1, 0.15) is 25.0 Å². The molecule has 1 rings (SSSR count). The van der Waals surface area contributed by atoms with E-state index in [4.69, 9.17) is 15.7 Å². The lowest BCUT2D eigenvalue weighted by atomic mass is 10.1. The number of nitrogens with one attached hydrogen (secondary N) is 1. The van der Waals surface area contributed by atoms with Crippen LogP contribution in [-0.2, 0) is 6.54 Å². The molecule has 0 aliphatic carbocycles. The minimum absolute atomic E-state index is 0.0958. The second-order valence-electron chi connectivity index (χ2n) is 5.26. The van der Waals surface area contributed by atoms with Crippen molar-refractivity contribution in [2.45, 2.75) is 26.4 Å². The van der Waals surface area contributed by atoms with Gasteiger partial charge < -0.3 is 25.9 Å². The van der Waals surface area contributed by atoms with Gasteiger partial charge in [0.1, 0.15) is 5.75 Å². The van der Waals surface area contributed by atoms with E-state index < -0.39 is 0 Å². The molecule has 1 aromatic carbocycles. The number of oxime groups is 1. The molecule has 0 aromatic heterocycles. The first-order valence-electron chi connectivity index (χ1n) is 7.05. The van der Waals surface area contributed by atoms with Crippen LogP contribution in [0.2, 0.25) is 0 Å². The maximum atomic E-state index is 8.74. The van der Waals surface area contributed by atoms with Crippen LogP contribution in [0.5, 0.6) is 5.75 Å². The molecule has 1 aromatic rings. The topological polar surface area (TPSA) is 83.1 Å². The number of hydrogen-bond acceptors (Lipinski definition) is 5. The third-order valence-electron chi connectivity index (χ3n) is 3.52. The van der Waals surface area contributed by atoms with Crippen molar-refractivity contribution in [3.8, 4) is 5.75 Å². The number of methoxy groups -OCH3 is 1. The highest BCUT2D eigenvalue weighted by atomic mass is 16.5. The van der Waals surface area contributed by atoms with Crippen molar-refractivity contribution >= 4 is 5.84 Å². The molecule has 0 fully saturated rings. The van der Waals surface area contributed by atoms with E-state index >= 15 is 0 Å². The summed E-state index contributed by atoms with van der Waals surface area (Å²) in [5, 5.41) is 15.1. The zero-order valence-electron chi connectivity index (χ0n) is 13.3. The summed E-state index contributed by atoms with van der Waals surface area (Å²) in [6.45, 7) is 6.86. The lowest BCUT2D eigenvalue weighted by Crippen LogP contribution is -2.33. The molecule has 0 amide bonds. The molecule has 0 unspecified atom stereocenters. The van der Waals surface area contributed by atoms with Crippen LogP contribution < -0.4 is 15.8 Å². The average molecular weight is 294 g/mol. The van der Waals surface area contributed by atoms with Crippen molar-refractivity contribution in [1.29, 1.82) is 0 Å². The molecular weight excluding hydrogens is 268 g/mol. The smallest absolute Gasteiger partial charge is 0.170 e. The van der Waals surface area contributed by atoms with Crippen LogP contribution >= 0.6 is 0 Å². The number of ether oxygens (including phenoxy) is 1. The molecule has 0 saturated carbocycles. The number of rotatable bonds is 8. The Morgan fingerprint density at radius 2 is 2.19 bits per heavy atom. The number of nitrogens with two attached hydrogens (primary N) is 1. The van der Waals surface area contributed by atoms with Crippen molar-refractivity contribution in [2.24, 2.45) is 10.9 Å². The van der Waals surface area contributed by atoms with Gasteiger partial charge in [0.15, 0.2) is 5.84 Å². The van der Waals surface area contributed by atoms with Crippen molar-refractivity contribution in [3.63, 3.8) is 0 Å². The van der Waals surface area contributed by atoms with Crippen molar-refractivity contribution in [3.05, 3.63) is 29.3 Å². The van der Waals surface area contributed by atoms with Crippen molar-refractivity contribution in [1.82, 2.24) is 10.2 Å². The van der Waals surface area contributed by atoms with Crippen LogP contribution in [0.4, 0.5) is 0 Å². The van der Waals surface area contributed by atoms with Gasteiger partial charge >= 0.3 is 0 Å². The lowest BCUT2D eigenvalue weighted by Gasteiger charge is -2.21. The first kappa shape index (κ1) is 17.3. The molecule has 21 heavy (non-hydrogen) atoms. The average Bonchev–Trinajstić information content (AvgIpc) is 2.50. The van der Waals surface area contributed by atoms with Gasteiger partial charge in [-0.1, -0.05) is 5.16 Å². The van der Waals surface area contributed by atoms with Gasteiger partial charge in [0, 0.05) is 36.8 Å². The molecular formula is C15H26N4O2. The predicted molar refractivity (Wildman–Crippen MR) is 85.0 cm³/mol. The molecule has 0 aliphatic heterocycles. The Bertz CT molecular complexity index is 475. The molecule has 0 atom stereocenters. The maximum Gasteiger partial charge on any atom is 0.170 e. The summed E-state index contributed by atoms with van der Waals surface area (Å²) in [5.41, 5.74) is 7.27. The van der Waals surface area contributed by atoms with Gasteiger partial charge in [-0.15, -0.1) is 0 Å². The summed E-state index contributed by atoms with van der Waals surface area (Å²) in [7, 11) is 3.74. The van der Waals surface area contributed by atoms with Gasteiger partial charge in [0.05, 0.1) is 7.11 Å². The quantitative estimate of drug-likeness (QED) is 0.221. The monoisotopic (exact) mass is 294 g/mol.